The average Bonchev–Trinajstić information content (AvgIpc) is 2.72. The van der Waals surface area contributed by atoms with E-state index in [-0.39, 0.29) is 0 Å². The first kappa shape index (κ1) is 10.7. The zero-order valence-corrected chi connectivity index (χ0v) is 9.44. The molecule has 0 spiro atoms. The number of fused-ring (bicyclic) bond motifs is 1. The first-order chi connectivity index (χ1) is 7.76. The van der Waals surface area contributed by atoms with Gasteiger partial charge in [-0.1, -0.05) is 31.2 Å². The fraction of sp³-hybridized carbons (Fsp3) is 0.214. The molecule has 0 radical (unpaired) electrons. The normalized spacial score (nSPS) is 10.6. The van der Waals surface area contributed by atoms with Crippen LogP contribution in [-0.2, 0) is 6.54 Å². The van der Waals surface area contributed by atoms with Crippen molar-refractivity contribution in [2.75, 3.05) is 0 Å². The van der Waals surface area contributed by atoms with Gasteiger partial charge in [-0.05, 0) is 18.6 Å². The van der Waals surface area contributed by atoms with Gasteiger partial charge in [-0.25, -0.2) is 0 Å². The lowest BCUT2D eigenvalue weighted by atomic mass is 10.1. The Balaban J connectivity index is 2.53. The molecule has 0 saturated heterocycles. The van der Waals surface area contributed by atoms with Crippen LogP contribution >= 0.6 is 0 Å². The van der Waals surface area contributed by atoms with Crippen molar-refractivity contribution in [3.8, 4) is 0 Å². The summed E-state index contributed by atoms with van der Waals surface area (Å²) in [5.74, 6) is 0. The molecule has 82 valence electrons. The topological polar surface area (TPSA) is 22.0 Å². The molecule has 0 aliphatic heterocycles. The number of para-hydroxylation sites is 1. The number of carbonyl (C=O) groups excluding carboxylic acids is 1. The van der Waals surface area contributed by atoms with E-state index in [0.29, 0.717) is 0 Å². The summed E-state index contributed by atoms with van der Waals surface area (Å²) in [6.45, 7) is 6.88. The monoisotopic (exact) mass is 213 g/mol. The van der Waals surface area contributed by atoms with Crippen LogP contribution in [0.5, 0.6) is 0 Å². The zero-order valence-electron chi connectivity index (χ0n) is 9.44. The molecule has 0 aliphatic carbocycles. The second kappa shape index (κ2) is 4.35. The minimum atomic E-state index is 0.742. The number of aromatic nitrogens is 1. The lowest BCUT2D eigenvalue weighted by Gasteiger charge is -2.07. The molecular formula is C14H15NO. The van der Waals surface area contributed by atoms with Crippen LogP contribution in [0.15, 0.2) is 42.6 Å². The highest BCUT2D eigenvalue weighted by Gasteiger charge is 2.05. The first-order valence-corrected chi connectivity index (χ1v) is 5.46. The van der Waals surface area contributed by atoms with E-state index in [1.54, 1.807) is 0 Å². The lowest BCUT2D eigenvalue weighted by molar-refractivity contribution is 0.112. The van der Waals surface area contributed by atoms with Crippen molar-refractivity contribution < 1.29 is 4.79 Å². The van der Waals surface area contributed by atoms with Gasteiger partial charge in [0.15, 0.2) is 6.29 Å². The first-order valence-electron chi connectivity index (χ1n) is 5.46. The number of hydrogen-bond donors (Lipinski definition) is 0. The minimum absolute atomic E-state index is 0.742. The molecule has 2 aromatic rings. The molecule has 0 atom stereocenters. The molecule has 0 aliphatic rings. The molecular weight excluding hydrogens is 198 g/mol. The van der Waals surface area contributed by atoms with E-state index in [1.165, 1.54) is 5.57 Å². The van der Waals surface area contributed by atoms with E-state index in [4.69, 9.17) is 0 Å². The van der Waals surface area contributed by atoms with E-state index >= 15 is 0 Å². The summed E-state index contributed by atoms with van der Waals surface area (Å²) in [5.41, 5.74) is 2.91. The lowest BCUT2D eigenvalue weighted by Crippen LogP contribution is -2.00. The molecule has 0 bridgehead atoms. The predicted octanol–water partition coefficient (Wildman–Crippen LogP) is 3.42. The number of nitrogens with zero attached hydrogens (tertiary/aromatic N) is 1. The van der Waals surface area contributed by atoms with Crippen LogP contribution in [0.4, 0.5) is 0 Å². The molecule has 16 heavy (non-hydrogen) atoms. The maximum absolute atomic E-state index is 11.0. The largest absolute Gasteiger partial charge is 0.343 e. The highest BCUT2D eigenvalue weighted by molar-refractivity contribution is 5.96. The Morgan fingerprint density at radius 1 is 1.44 bits per heavy atom. The second-order valence-electron chi connectivity index (χ2n) is 3.95. The van der Waals surface area contributed by atoms with Crippen LogP contribution in [0.2, 0.25) is 0 Å². The van der Waals surface area contributed by atoms with Gasteiger partial charge in [0, 0.05) is 23.7 Å². The number of benzene rings is 1. The molecule has 0 amide bonds. The molecule has 1 aromatic carbocycles. The highest BCUT2D eigenvalue weighted by atomic mass is 16.1. The smallest absolute Gasteiger partial charge is 0.152 e. The Morgan fingerprint density at radius 2 is 2.25 bits per heavy atom. The van der Waals surface area contributed by atoms with Crippen LogP contribution in [0, 0.1) is 0 Å². The van der Waals surface area contributed by atoms with Gasteiger partial charge in [0.2, 0.25) is 0 Å². The van der Waals surface area contributed by atoms with Gasteiger partial charge in [0.1, 0.15) is 0 Å². The number of hydrogen-bond acceptors (Lipinski definition) is 1. The molecule has 0 unspecified atom stereocenters. The Labute approximate surface area is 95.2 Å². The predicted molar refractivity (Wildman–Crippen MR) is 66.8 cm³/mol. The highest BCUT2D eigenvalue weighted by Crippen LogP contribution is 2.20. The van der Waals surface area contributed by atoms with Crippen LogP contribution < -0.4 is 0 Å². The molecule has 1 heterocycles. The van der Waals surface area contributed by atoms with Gasteiger partial charge in [-0.2, -0.15) is 0 Å². The molecule has 2 rings (SSSR count). The maximum atomic E-state index is 11.0. The van der Waals surface area contributed by atoms with E-state index < -0.39 is 0 Å². The second-order valence-corrected chi connectivity index (χ2v) is 3.95. The molecule has 2 nitrogen and oxygen atoms in total. The van der Waals surface area contributed by atoms with Crippen LogP contribution in [0.3, 0.4) is 0 Å². The number of aldehydes is 1. The molecule has 0 N–H and O–H groups in total. The van der Waals surface area contributed by atoms with Gasteiger partial charge < -0.3 is 4.57 Å². The average molecular weight is 213 g/mol. The van der Waals surface area contributed by atoms with Crippen molar-refractivity contribution in [2.24, 2.45) is 0 Å². The van der Waals surface area contributed by atoms with Crippen LogP contribution in [-0.4, -0.2) is 10.9 Å². The Kier molecular flexibility index (Phi) is 2.91. The van der Waals surface area contributed by atoms with E-state index in [0.717, 1.165) is 35.7 Å². The number of allylic oxidation sites excluding steroid dienone is 1. The van der Waals surface area contributed by atoms with Gasteiger partial charge in [0.05, 0.1) is 5.52 Å². The summed E-state index contributed by atoms with van der Waals surface area (Å²) in [4.78, 5) is 11.0. The third-order valence-electron chi connectivity index (χ3n) is 2.84. The van der Waals surface area contributed by atoms with E-state index in [9.17, 15) is 4.79 Å². The maximum Gasteiger partial charge on any atom is 0.152 e. The van der Waals surface area contributed by atoms with Crippen molar-refractivity contribution in [3.63, 3.8) is 0 Å². The standard InChI is InChI=1S/C14H15NO/c1-3-11(2)9-15-8-7-12-5-4-6-13(10-16)14(12)15/h4-8,10H,2-3,9H2,1H3. The SMILES string of the molecule is C=C(CC)Cn1ccc2cccc(C=O)c21. The van der Waals surface area contributed by atoms with E-state index in [2.05, 4.69) is 18.1 Å². The molecule has 1 aromatic heterocycles. The van der Waals surface area contributed by atoms with Crippen molar-refractivity contribution in [2.45, 2.75) is 19.9 Å². The van der Waals surface area contributed by atoms with Gasteiger partial charge >= 0.3 is 0 Å². The minimum Gasteiger partial charge on any atom is -0.343 e. The molecule has 2 heteroatoms. The zero-order chi connectivity index (χ0) is 11.5. The van der Waals surface area contributed by atoms with Gasteiger partial charge in [-0.15, -0.1) is 0 Å². The Morgan fingerprint density at radius 3 is 2.94 bits per heavy atom. The summed E-state index contributed by atoms with van der Waals surface area (Å²) in [7, 11) is 0. The van der Waals surface area contributed by atoms with Crippen molar-refractivity contribution >= 4 is 17.2 Å². The van der Waals surface area contributed by atoms with E-state index in [1.807, 2.05) is 30.5 Å². The quantitative estimate of drug-likeness (QED) is 0.563. The summed E-state index contributed by atoms with van der Waals surface area (Å²) in [6.07, 6.45) is 3.88. The van der Waals surface area contributed by atoms with Gasteiger partial charge in [0.25, 0.3) is 0 Å². The summed E-state index contributed by atoms with van der Waals surface area (Å²) in [6, 6.07) is 7.81. The number of carbonyl (C=O) groups is 1. The van der Waals surface area contributed by atoms with Crippen molar-refractivity contribution in [1.29, 1.82) is 0 Å². The van der Waals surface area contributed by atoms with Crippen LogP contribution in [0.1, 0.15) is 23.7 Å². The Hall–Kier alpha value is -1.83. The molecule has 0 saturated carbocycles. The van der Waals surface area contributed by atoms with Crippen LogP contribution in [0.25, 0.3) is 10.9 Å². The summed E-state index contributed by atoms with van der Waals surface area (Å²) < 4.78 is 2.09. The third kappa shape index (κ3) is 1.78. The van der Waals surface area contributed by atoms with Crippen molar-refractivity contribution in [1.82, 2.24) is 4.57 Å². The Bertz CT molecular complexity index is 537. The van der Waals surface area contributed by atoms with Crippen molar-refractivity contribution in [3.05, 3.63) is 48.2 Å². The summed E-state index contributed by atoms with van der Waals surface area (Å²) >= 11 is 0. The molecule has 0 fully saturated rings. The number of rotatable bonds is 4. The summed E-state index contributed by atoms with van der Waals surface area (Å²) in [5, 5.41) is 1.11. The fourth-order valence-corrected chi connectivity index (χ4v) is 1.87. The van der Waals surface area contributed by atoms with Gasteiger partial charge in [-0.3, -0.25) is 4.79 Å². The third-order valence-corrected chi connectivity index (χ3v) is 2.84. The fourth-order valence-electron chi connectivity index (χ4n) is 1.87.